The summed E-state index contributed by atoms with van der Waals surface area (Å²) >= 11 is 0.817. The lowest BCUT2D eigenvalue weighted by Gasteiger charge is -2.27. The van der Waals surface area contributed by atoms with E-state index in [0.717, 1.165) is 46.1 Å². The van der Waals surface area contributed by atoms with E-state index < -0.39 is 22.8 Å². The minimum absolute atomic E-state index is 0.103. The van der Waals surface area contributed by atoms with Crippen molar-refractivity contribution in [2.45, 2.75) is 50.3 Å². The van der Waals surface area contributed by atoms with Crippen molar-refractivity contribution in [2.24, 2.45) is 0 Å². The fourth-order valence-electron chi connectivity index (χ4n) is 4.70. The second-order valence-electron chi connectivity index (χ2n) is 9.16. The number of hydrogen-bond donors (Lipinski definition) is 5. The zero-order valence-corrected chi connectivity index (χ0v) is 20.8. The number of nitrogens with one attached hydrogen (secondary N) is 2. The second-order valence-corrected chi connectivity index (χ2v) is 10.2. The minimum atomic E-state index is -2.12. The summed E-state index contributed by atoms with van der Waals surface area (Å²) in [5, 5.41) is 40.9. The van der Waals surface area contributed by atoms with Gasteiger partial charge in [0.15, 0.2) is 0 Å². The van der Waals surface area contributed by atoms with E-state index in [1.54, 1.807) is 18.4 Å². The van der Waals surface area contributed by atoms with E-state index in [1.165, 1.54) is 0 Å². The number of nitrogens with zero attached hydrogens (tertiary/aromatic N) is 3. The van der Waals surface area contributed by atoms with Gasteiger partial charge in [-0.15, -0.1) is 10.2 Å². The van der Waals surface area contributed by atoms with Gasteiger partial charge in [0.25, 0.3) is 11.0 Å². The van der Waals surface area contributed by atoms with Crippen LogP contribution in [0, 0.1) is 0 Å². The number of aliphatic hydroxyl groups is 2. The van der Waals surface area contributed by atoms with E-state index >= 15 is 0 Å². The van der Waals surface area contributed by atoms with Crippen molar-refractivity contribution in [3.8, 4) is 11.6 Å². The SMILES string of the molecule is CCc1ccc2c3c1cc(-c1nnc([C@@](C)(Cc4ccccc4)NC(=O)O)o1)n3C(C)C(O)(O)SN2. The van der Waals surface area contributed by atoms with Gasteiger partial charge in [-0.3, -0.25) is 0 Å². The fourth-order valence-corrected chi connectivity index (χ4v) is 5.40. The molecule has 2 atom stereocenters. The van der Waals surface area contributed by atoms with Gasteiger partial charge in [-0.2, -0.15) is 0 Å². The molecule has 0 radical (unpaired) electrons. The standard InChI is InChI=1S/C25H27N5O5S/c1-4-16-10-11-18-20-17(16)12-19(30(20)14(2)25(33,34)36-29-18)21-27-28-22(35-21)24(3,26-23(31)32)13-15-8-6-5-7-9-15/h5-12,14,26,29,33-34H,4,13H2,1-3H3,(H,31,32)/t14?,24-/m1/s1. The molecule has 2 aromatic carbocycles. The summed E-state index contributed by atoms with van der Waals surface area (Å²) in [4.78, 5) is 11.7. The van der Waals surface area contributed by atoms with E-state index in [1.807, 2.05) is 48.5 Å². The quantitative estimate of drug-likeness (QED) is 0.190. The number of anilines is 1. The topological polar surface area (TPSA) is 146 Å². The van der Waals surface area contributed by atoms with E-state index in [-0.39, 0.29) is 11.8 Å². The van der Waals surface area contributed by atoms with Crippen molar-refractivity contribution in [3.05, 3.63) is 65.5 Å². The highest BCUT2D eigenvalue weighted by Gasteiger charge is 2.41. The van der Waals surface area contributed by atoms with Crippen LogP contribution in [0.25, 0.3) is 22.5 Å². The summed E-state index contributed by atoms with van der Waals surface area (Å²) in [6.07, 6.45) is -0.146. The van der Waals surface area contributed by atoms with Gasteiger partial charge >= 0.3 is 6.09 Å². The zero-order valence-electron chi connectivity index (χ0n) is 20.0. The average Bonchev–Trinajstić information content (AvgIpc) is 3.46. The molecule has 4 aromatic rings. The maximum absolute atomic E-state index is 11.7. The fraction of sp³-hybridized carbons (Fsp3) is 0.320. The number of hydrogen-bond acceptors (Lipinski definition) is 8. The third-order valence-electron chi connectivity index (χ3n) is 6.61. The lowest BCUT2D eigenvalue weighted by molar-refractivity contribution is -0.107. The number of rotatable bonds is 6. The summed E-state index contributed by atoms with van der Waals surface area (Å²) in [7, 11) is 0. The first-order valence-corrected chi connectivity index (χ1v) is 12.4. The predicted molar refractivity (Wildman–Crippen MR) is 136 cm³/mol. The van der Waals surface area contributed by atoms with Crippen LogP contribution in [0.3, 0.4) is 0 Å². The zero-order chi connectivity index (χ0) is 25.7. The molecular weight excluding hydrogens is 482 g/mol. The summed E-state index contributed by atoms with van der Waals surface area (Å²) in [6.45, 7) is 5.45. The molecule has 0 saturated carbocycles. The number of aryl methyl sites for hydroxylation is 1. The molecular formula is C25H27N5O5S. The van der Waals surface area contributed by atoms with E-state index in [2.05, 4.69) is 27.2 Å². The number of aromatic nitrogens is 3. The third-order valence-corrected chi connectivity index (χ3v) is 7.58. The molecule has 0 fully saturated rings. The van der Waals surface area contributed by atoms with Crippen LogP contribution < -0.4 is 10.0 Å². The second kappa shape index (κ2) is 8.84. The summed E-state index contributed by atoms with van der Waals surface area (Å²) in [5.41, 5.74) is 2.82. The van der Waals surface area contributed by atoms with Gasteiger partial charge in [0, 0.05) is 23.8 Å². The van der Waals surface area contributed by atoms with Gasteiger partial charge in [-0.25, -0.2) is 4.79 Å². The van der Waals surface area contributed by atoms with Gasteiger partial charge < -0.3 is 34.3 Å². The Morgan fingerprint density at radius 1 is 1.25 bits per heavy atom. The van der Waals surface area contributed by atoms with E-state index in [4.69, 9.17) is 4.42 Å². The van der Waals surface area contributed by atoms with Crippen molar-refractivity contribution >= 4 is 34.6 Å². The molecule has 10 nitrogen and oxygen atoms in total. The van der Waals surface area contributed by atoms with Crippen molar-refractivity contribution in [3.63, 3.8) is 0 Å². The lowest BCUT2D eigenvalue weighted by Crippen LogP contribution is -2.44. The Morgan fingerprint density at radius 2 is 2.00 bits per heavy atom. The highest BCUT2D eigenvalue weighted by Crippen LogP contribution is 2.45. The molecule has 1 amide bonds. The Balaban J connectivity index is 1.66. The van der Waals surface area contributed by atoms with Gasteiger partial charge in [0.05, 0.1) is 17.2 Å². The minimum Gasteiger partial charge on any atom is -0.465 e. The Bertz CT molecular complexity index is 1430. The van der Waals surface area contributed by atoms with Crippen LogP contribution >= 0.6 is 11.9 Å². The van der Waals surface area contributed by atoms with Crippen LogP contribution in [-0.2, 0) is 18.4 Å². The Labute approximate surface area is 211 Å². The molecule has 0 spiro atoms. The highest BCUT2D eigenvalue weighted by molar-refractivity contribution is 8.01. The van der Waals surface area contributed by atoms with Gasteiger partial charge in [-0.05, 0) is 43.5 Å². The smallest absolute Gasteiger partial charge is 0.405 e. The maximum atomic E-state index is 11.7. The molecule has 0 bridgehead atoms. The largest absolute Gasteiger partial charge is 0.465 e. The number of carbonyl (C=O) groups is 1. The molecule has 0 aliphatic carbocycles. The van der Waals surface area contributed by atoms with Gasteiger partial charge in [-0.1, -0.05) is 43.3 Å². The highest BCUT2D eigenvalue weighted by atomic mass is 32.2. The van der Waals surface area contributed by atoms with Crippen LogP contribution in [-0.4, -0.2) is 41.3 Å². The number of amides is 1. The van der Waals surface area contributed by atoms with Crippen LogP contribution in [0.4, 0.5) is 10.5 Å². The predicted octanol–water partition coefficient (Wildman–Crippen LogP) is 4.25. The number of benzene rings is 2. The molecule has 3 heterocycles. The number of carboxylic acid groups (broad SMARTS) is 1. The first-order chi connectivity index (χ1) is 17.1. The Hall–Kier alpha value is -3.54. The summed E-state index contributed by atoms with van der Waals surface area (Å²) in [5.74, 6) is 0.251. The molecule has 2 aromatic heterocycles. The van der Waals surface area contributed by atoms with Crippen LogP contribution in [0.1, 0.15) is 43.8 Å². The van der Waals surface area contributed by atoms with Crippen LogP contribution in [0.15, 0.2) is 52.9 Å². The van der Waals surface area contributed by atoms with Crippen LogP contribution in [0.5, 0.6) is 0 Å². The molecule has 11 heteroatoms. The Morgan fingerprint density at radius 3 is 2.69 bits per heavy atom. The van der Waals surface area contributed by atoms with Crippen LogP contribution in [0.2, 0.25) is 0 Å². The van der Waals surface area contributed by atoms with Crippen molar-refractivity contribution in [2.75, 3.05) is 4.72 Å². The first kappa shape index (κ1) is 24.2. The molecule has 188 valence electrons. The molecule has 1 aliphatic rings. The molecule has 1 aliphatic heterocycles. The third kappa shape index (κ3) is 4.08. The van der Waals surface area contributed by atoms with Gasteiger partial charge in [0.1, 0.15) is 11.2 Å². The summed E-state index contributed by atoms with van der Waals surface area (Å²) < 4.78 is 11.0. The van der Waals surface area contributed by atoms with Crippen molar-refractivity contribution < 1.29 is 24.5 Å². The maximum Gasteiger partial charge on any atom is 0.405 e. The average molecular weight is 510 g/mol. The van der Waals surface area contributed by atoms with E-state index in [0.29, 0.717) is 12.1 Å². The van der Waals surface area contributed by atoms with Gasteiger partial charge in [0.2, 0.25) is 5.89 Å². The molecule has 36 heavy (non-hydrogen) atoms. The molecule has 0 saturated heterocycles. The summed E-state index contributed by atoms with van der Waals surface area (Å²) in [6, 6.07) is 14.5. The molecule has 5 rings (SSSR count). The Kier molecular flexibility index (Phi) is 5.93. The monoisotopic (exact) mass is 509 g/mol. The van der Waals surface area contributed by atoms with Crippen molar-refractivity contribution in [1.29, 1.82) is 0 Å². The first-order valence-electron chi connectivity index (χ1n) is 11.6. The molecule has 5 N–H and O–H groups in total. The normalized spacial score (nSPS) is 18.3. The van der Waals surface area contributed by atoms with E-state index in [9.17, 15) is 20.1 Å². The molecule has 1 unspecified atom stereocenters. The van der Waals surface area contributed by atoms with Crippen molar-refractivity contribution in [1.82, 2.24) is 20.1 Å². The lowest BCUT2D eigenvalue weighted by atomic mass is 9.93.